The van der Waals surface area contributed by atoms with Crippen LogP contribution < -0.4 is 4.72 Å². The number of anilines is 1. The maximum Gasteiger partial charge on any atom is 0.262 e. The van der Waals surface area contributed by atoms with E-state index >= 15 is 0 Å². The lowest BCUT2D eigenvalue weighted by molar-refractivity contribution is 0.285. The Balaban J connectivity index is 2.30. The van der Waals surface area contributed by atoms with Crippen LogP contribution in [0.4, 0.5) is 5.69 Å². The van der Waals surface area contributed by atoms with Crippen LogP contribution >= 0.6 is 43.2 Å². The van der Waals surface area contributed by atoms with E-state index in [1.54, 1.807) is 18.2 Å². The third kappa shape index (κ3) is 3.57. The van der Waals surface area contributed by atoms with Crippen molar-refractivity contribution in [3.8, 4) is 0 Å². The number of nitrogens with one attached hydrogen (secondary N) is 1. The van der Waals surface area contributed by atoms with Gasteiger partial charge >= 0.3 is 0 Å². The molecular weight excluding hydrogens is 418 g/mol. The molecule has 0 saturated heterocycles. The van der Waals surface area contributed by atoms with Gasteiger partial charge in [-0.1, -0.05) is 15.9 Å². The quantitative estimate of drug-likeness (QED) is 0.785. The third-order valence-corrected chi connectivity index (χ3v) is 5.84. The molecule has 0 atom stereocenters. The number of aliphatic hydroxyl groups excluding tert-OH is 1. The van der Waals surface area contributed by atoms with Crippen LogP contribution in [0, 0.1) is 0 Å². The summed E-state index contributed by atoms with van der Waals surface area (Å²) < 4.78 is 28.3. The summed E-state index contributed by atoms with van der Waals surface area (Å²) in [5, 5.41) is 10.5. The Morgan fingerprint density at radius 3 is 2.58 bits per heavy atom. The summed E-state index contributed by atoms with van der Waals surface area (Å²) in [5.74, 6) is 0. The number of halogens is 2. The fourth-order valence-corrected chi connectivity index (χ4v) is 4.85. The second kappa shape index (κ2) is 5.92. The van der Waals surface area contributed by atoms with Crippen molar-refractivity contribution in [1.82, 2.24) is 0 Å². The highest BCUT2D eigenvalue weighted by Gasteiger charge is 2.17. The Morgan fingerprint density at radius 1 is 1.26 bits per heavy atom. The SMILES string of the molecule is O=S(=O)(Nc1ccc(Br)cc1Br)c1csc(CO)c1. The molecule has 0 spiro atoms. The molecule has 2 rings (SSSR count). The van der Waals surface area contributed by atoms with Gasteiger partial charge in [0.25, 0.3) is 10.0 Å². The molecule has 0 amide bonds. The first-order valence-electron chi connectivity index (χ1n) is 5.08. The predicted molar refractivity (Wildman–Crippen MR) is 82.9 cm³/mol. The van der Waals surface area contributed by atoms with Crippen molar-refractivity contribution in [2.24, 2.45) is 0 Å². The topological polar surface area (TPSA) is 66.4 Å². The third-order valence-electron chi connectivity index (χ3n) is 2.27. The highest BCUT2D eigenvalue weighted by molar-refractivity contribution is 9.11. The van der Waals surface area contributed by atoms with E-state index in [2.05, 4.69) is 36.6 Å². The van der Waals surface area contributed by atoms with Crippen molar-refractivity contribution in [2.75, 3.05) is 4.72 Å². The van der Waals surface area contributed by atoms with E-state index in [0.29, 0.717) is 15.0 Å². The molecule has 102 valence electrons. The number of aliphatic hydroxyl groups is 1. The van der Waals surface area contributed by atoms with Crippen LogP contribution in [0.3, 0.4) is 0 Å². The van der Waals surface area contributed by atoms with Gasteiger partial charge in [-0.3, -0.25) is 4.72 Å². The molecule has 0 aliphatic heterocycles. The van der Waals surface area contributed by atoms with E-state index in [1.807, 2.05) is 0 Å². The Bertz CT molecular complexity index is 698. The van der Waals surface area contributed by atoms with Crippen molar-refractivity contribution in [2.45, 2.75) is 11.5 Å². The summed E-state index contributed by atoms with van der Waals surface area (Å²) in [5.41, 5.74) is 0.458. The van der Waals surface area contributed by atoms with E-state index in [1.165, 1.54) is 22.8 Å². The molecule has 0 aliphatic rings. The summed E-state index contributed by atoms with van der Waals surface area (Å²) in [6.07, 6.45) is 0. The molecule has 0 saturated carbocycles. The van der Waals surface area contributed by atoms with Crippen LogP contribution in [0.5, 0.6) is 0 Å². The molecule has 0 fully saturated rings. The van der Waals surface area contributed by atoms with E-state index in [0.717, 1.165) is 4.47 Å². The summed E-state index contributed by atoms with van der Waals surface area (Å²) in [6.45, 7) is -0.165. The summed E-state index contributed by atoms with van der Waals surface area (Å²) >= 11 is 7.80. The van der Waals surface area contributed by atoms with Gasteiger partial charge in [-0.15, -0.1) is 11.3 Å². The number of hydrogen-bond acceptors (Lipinski definition) is 4. The van der Waals surface area contributed by atoms with E-state index in [9.17, 15) is 8.42 Å². The lowest BCUT2D eigenvalue weighted by Crippen LogP contribution is -2.12. The normalized spacial score (nSPS) is 11.5. The predicted octanol–water partition coefficient (Wildman–Crippen LogP) is 3.57. The van der Waals surface area contributed by atoms with Crippen molar-refractivity contribution in [3.63, 3.8) is 0 Å². The Kier molecular flexibility index (Phi) is 4.67. The molecular formula is C11H9Br2NO3S2. The van der Waals surface area contributed by atoms with E-state index in [4.69, 9.17) is 5.11 Å². The highest BCUT2D eigenvalue weighted by atomic mass is 79.9. The zero-order valence-electron chi connectivity index (χ0n) is 9.43. The molecule has 0 unspecified atom stereocenters. The molecule has 19 heavy (non-hydrogen) atoms. The fraction of sp³-hybridized carbons (Fsp3) is 0.0909. The summed E-state index contributed by atoms with van der Waals surface area (Å²) in [6, 6.07) is 6.62. The molecule has 4 nitrogen and oxygen atoms in total. The smallest absolute Gasteiger partial charge is 0.262 e. The lowest BCUT2D eigenvalue weighted by Gasteiger charge is -2.08. The highest BCUT2D eigenvalue weighted by Crippen LogP contribution is 2.29. The van der Waals surface area contributed by atoms with Gasteiger partial charge in [-0.2, -0.15) is 0 Å². The molecule has 2 aromatic rings. The minimum Gasteiger partial charge on any atom is -0.391 e. The lowest BCUT2D eigenvalue weighted by atomic mass is 10.3. The number of benzene rings is 1. The van der Waals surface area contributed by atoms with Crippen molar-refractivity contribution in [1.29, 1.82) is 0 Å². The fourth-order valence-electron chi connectivity index (χ4n) is 1.36. The van der Waals surface area contributed by atoms with E-state index < -0.39 is 10.0 Å². The van der Waals surface area contributed by atoms with Crippen LogP contribution in [0.15, 0.2) is 43.5 Å². The zero-order valence-corrected chi connectivity index (χ0v) is 14.2. The molecule has 1 aromatic carbocycles. The first-order chi connectivity index (χ1) is 8.92. The van der Waals surface area contributed by atoms with Gasteiger partial charge in [0, 0.05) is 19.2 Å². The van der Waals surface area contributed by atoms with Crippen molar-refractivity contribution < 1.29 is 13.5 Å². The van der Waals surface area contributed by atoms with Crippen LogP contribution in [-0.2, 0) is 16.6 Å². The number of hydrogen-bond donors (Lipinski definition) is 2. The van der Waals surface area contributed by atoms with Crippen LogP contribution in [0.2, 0.25) is 0 Å². The average molecular weight is 427 g/mol. The van der Waals surface area contributed by atoms with Crippen molar-refractivity contribution in [3.05, 3.63) is 43.5 Å². The number of rotatable bonds is 4. The average Bonchev–Trinajstić information content (AvgIpc) is 2.82. The summed E-state index contributed by atoms with van der Waals surface area (Å²) in [4.78, 5) is 0.756. The minimum absolute atomic E-state index is 0.149. The maximum atomic E-state index is 12.1. The second-order valence-electron chi connectivity index (χ2n) is 3.64. The maximum absolute atomic E-state index is 12.1. The van der Waals surface area contributed by atoms with Gasteiger partial charge in [0.1, 0.15) is 0 Å². The van der Waals surface area contributed by atoms with Crippen LogP contribution in [0.25, 0.3) is 0 Å². The van der Waals surface area contributed by atoms with Gasteiger partial charge in [0.05, 0.1) is 17.2 Å². The van der Waals surface area contributed by atoms with Gasteiger partial charge < -0.3 is 5.11 Å². The molecule has 2 N–H and O–H groups in total. The Morgan fingerprint density at radius 2 is 2.00 bits per heavy atom. The molecule has 0 radical (unpaired) electrons. The Hall–Kier alpha value is -0.410. The molecule has 0 aliphatic carbocycles. The molecule has 8 heteroatoms. The number of sulfonamides is 1. The Labute approximate surface area is 131 Å². The first kappa shape index (κ1) is 15.0. The second-order valence-corrected chi connectivity index (χ2v) is 8.08. The van der Waals surface area contributed by atoms with Gasteiger partial charge in [-0.25, -0.2) is 8.42 Å². The largest absolute Gasteiger partial charge is 0.391 e. The zero-order chi connectivity index (χ0) is 14.0. The summed E-state index contributed by atoms with van der Waals surface area (Å²) in [7, 11) is -3.63. The minimum atomic E-state index is -3.63. The molecule has 1 heterocycles. The molecule has 1 aromatic heterocycles. The van der Waals surface area contributed by atoms with Crippen LogP contribution in [-0.4, -0.2) is 13.5 Å². The van der Waals surface area contributed by atoms with Gasteiger partial charge in [-0.05, 0) is 40.2 Å². The monoisotopic (exact) mass is 425 g/mol. The van der Waals surface area contributed by atoms with Gasteiger partial charge in [0.2, 0.25) is 0 Å². The van der Waals surface area contributed by atoms with Crippen LogP contribution in [0.1, 0.15) is 4.88 Å². The van der Waals surface area contributed by atoms with E-state index in [-0.39, 0.29) is 11.5 Å². The van der Waals surface area contributed by atoms with Gasteiger partial charge in [0.15, 0.2) is 0 Å². The standard InChI is InChI=1S/C11H9Br2NO3S2/c12-7-1-2-11(10(13)3-7)14-19(16,17)9-4-8(5-15)18-6-9/h1-4,6,14-15H,5H2. The first-order valence-corrected chi connectivity index (χ1v) is 9.03. The van der Waals surface area contributed by atoms with Crippen molar-refractivity contribution >= 4 is 58.9 Å². The number of thiophene rings is 1. The molecule has 0 bridgehead atoms.